The zero-order valence-electron chi connectivity index (χ0n) is 9.27. The Bertz CT molecular complexity index is 649. The summed E-state index contributed by atoms with van der Waals surface area (Å²) < 4.78 is 3.39. The quantitative estimate of drug-likeness (QED) is 0.622. The van der Waals surface area contributed by atoms with Gasteiger partial charge < -0.3 is 4.57 Å². The van der Waals surface area contributed by atoms with Crippen molar-refractivity contribution in [3.05, 3.63) is 41.5 Å². The highest BCUT2D eigenvalue weighted by atomic mass is 32.1. The fourth-order valence-electron chi connectivity index (χ4n) is 1.96. The molecule has 0 spiro atoms. The summed E-state index contributed by atoms with van der Waals surface area (Å²) in [6.45, 7) is 2.05. The maximum absolute atomic E-state index is 4.47. The molecule has 3 heteroatoms. The van der Waals surface area contributed by atoms with Crippen molar-refractivity contribution < 1.29 is 0 Å². The number of aromatic nitrogens is 2. The Morgan fingerprint density at radius 3 is 2.88 bits per heavy atom. The summed E-state index contributed by atoms with van der Waals surface area (Å²) in [6.07, 6.45) is 2.07. The van der Waals surface area contributed by atoms with Gasteiger partial charge in [0.15, 0.2) is 0 Å². The van der Waals surface area contributed by atoms with Crippen LogP contribution in [-0.4, -0.2) is 9.55 Å². The number of fused-ring (bicyclic) bond motifs is 1. The molecule has 80 valence electrons. The van der Waals surface area contributed by atoms with Gasteiger partial charge in [0.05, 0.1) is 15.2 Å². The average molecular weight is 228 g/mol. The van der Waals surface area contributed by atoms with Crippen LogP contribution in [0.2, 0.25) is 0 Å². The van der Waals surface area contributed by atoms with Crippen molar-refractivity contribution in [1.82, 2.24) is 9.55 Å². The fraction of sp³-hybridized carbons (Fsp3) is 0.154. The van der Waals surface area contributed by atoms with E-state index in [2.05, 4.69) is 53.1 Å². The lowest BCUT2D eigenvalue weighted by atomic mass is 10.1. The number of hydrogen-bond donors (Lipinski definition) is 0. The van der Waals surface area contributed by atoms with Gasteiger partial charge in [0.1, 0.15) is 0 Å². The first-order chi connectivity index (χ1) is 7.74. The van der Waals surface area contributed by atoms with E-state index in [1.807, 2.05) is 6.92 Å². The molecule has 2 heterocycles. The summed E-state index contributed by atoms with van der Waals surface area (Å²) in [5.74, 6) is 0. The molecule has 2 nitrogen and oxygen atoms in total. The monoisotopic (exact) mass is 228 g/mol. The van der Waals surface area contributed by atoms with Gasteiger partial charge in [-0.25, -0.2) is 4.98 Å². The Morgan fingerprint density at radius 1 is 1.25 bits per heavy atom. The number of benzene rings is 1. The molecule has 0 atom stereocenters. The van der Waals surface area contributed by atoms with E-state index in [0.717, 1.165) is 10.5 Å². The third kappa shape index (κ3) is 1.44. The third-order valence-corrected chi connectivity index (χ3v) is 3.67. The Morgan fingerprint density at radius 2 is 2.12 bits per heavy atom. The van der Waals surface area contributed by atoms with Crippen molar-refractivity contribution in [2.24, 2.45) is 7.05 Å². The zero-order valence-corrected chi connectivity index (χ0v) is 10.1. The predicted molar refractivity (Wildman–Crippen MR) is 68.8 cm³/mol. The van der Waals surface area contributed by atoms with Crippen LogP contribution in [0, 0.1) is 6.92 Å². The summed E-state index contributed by atoms with van der Waals surface area (Å²) in [4.78, 5) is 4.47. The lowest BCUT2D eigenvalue weighted by Gasteiger charge is -2.02. The highest BCUT2D eigenvalue weighted by Crippen LogP contribution is 2.27. The second-order valence-electron chi connectivity index (χ2n) is 3.92. The van der Waals surface area contributed by atoms with E-state index in [1.165, 1.54) is 16.0 Å². The molecule has 2 aromatic heterocycles. The minimum Gasteiger partial charge on any atom is -0.351 e. The minimum absolute atomic E-state index is 1.10. The predicted octanol–water partition coefficient (Wildman–Crippen LogP) is 3.61. The number of rotatable bonds is 1. The van der Waals surface area contributed by atoms with Crippen LogP contribution in [0.15, 0.2) is 36.5 Å². The summed E-state index contributed by atoms with van der Waals surface area (Å²) >= 11 is 1.75. The van der Waals surface area contributed by atoms with E-state index >= 15 is 0 Å². The lowest BCUT2D eigenvalue weighted by Crippen LogP contribution is -1.88. The molecule has 3 aromatic rings. The normalized spacial score (nSPS) is 11.1. The van der Waals surface area contributed by atoms with Gasteiger partial charge in [0, 0.05) is 18.9 Å². The molecule has 0 amide bonds. The van der Waals surface area contributed by atoms with Crippen LogP contribution in [0.3, 0.4) is 0 Å². The highest BCUT2D eigenvalue weighted by molar-refractivity contribution is 7.18. The Labute approximate surface area is 98.2 Å². The van der Waals surface area contributed by atoms with Gasteiger partial charge in [-0.15, -0.1) is 11.3 Å². The smallest absolute Gasteiger partial charge is 0.0907 e. The highest BCUT2D eigenvalue weighted by Gasteiger charge is 2.05. The van der Waals surface area contributed by atoms with Crippen LogP contribution >= 0.6 is 11.3 Å². The largest absolute Gasteiger partial charge is 0.351 e. The molecule has 0 aliphatic rings. The molecule has 16 heavy (non-hydrogen) atoms. The molecule has 0 aliphatic carbocycles. The molecular formula is C13H12N2S. The van der Waals surface area contributed by atoms with E-state index in [9.17, 15) is 0 Å². The minimum atomic E-state index is 1.10. The molecule has 1 aromatic carbocycles. The molecule has 0 fully saturated rings. The standard InChI is InChI=1S/C13H12N2S/c1-9-14-11-6-5-10(8-13(11)16-9)12-4-3-7-15(12)2/h3-8H,1-2H3. The molecule has 0 unspecified atom stereocenters. The van der Waals surface area contributed by atoms with E-state index in [0.29, 0.717) is 0 Å². The van der Waals surface area contributed by atoms with Crippen LogP contribution in [0.25, 0.3) is 21.5 Å². The van der Waals surface area contributed by atoms with Crippen molar-refractivity contribution >= 4 is 21.6 Å². The van der Waals surface area contributed by atoms with Crippen molar-refractivity contribution in [2.45, 2.75) is 6.92 Å². The first-order valence-corrected chi connectivity index (χ1v) is 6.04. The van der Waals surface area contributed by atoms with E-state index in [4.69, 9.17) is 0 Å². The average Bonchev–Trinajstić information content (AvgIpc) is 2.81. The Kier molecular flexibility index (Phi) is 2.07. The summed E-state index contributed by atoms with van der Waals surface area (Å²) in [6, 6.07) is 10.7. The van der Waals surface area contributed by atoms with Gasteiger partial charge in [-0.2, -0.15) is 0 Å². The first-order valence-electron chi connectivity index (χ1n) is 5.23. The van der Waals surface area contributed by atoms with Crippen molar-refractivity contribution in [2.75, 3.05) is 0 Å². The zero-order chi connectivity index (χ0) is 11.1. The second kappa shape index (κ2) is 3.46. The second-order valence-corrected chi connectivity index (χ2v) is 5.15. The van der Waals surface area contributed by atoms with Crippen LogP contribution < -0.4 is 0 Å². The van der Waals surface area contributed by atoms with E-state index < -0.39 is 0 Å². The molecule has 0 saturated carbocycles. The summed E-state index contributed by atoms with van der Waals surface area (Å²) in [7, 11) is 2.07. The van der Waals surface area contributed by atoms with Gasteiger partial charge in [-0.1, -0.05) is 6.07 Å². The fourth-order valence-corrected chi connectivity index (χ4v) is 2.83. The van der Waals surface area contributed by atoms with Crippen LogP contribution in [0.4, 0.5) is 0 Å². The van der Waals surface area contributed by atoms with Crippen LogP contribution in [0.5, 0.6) is 0 Å². The SMILES string of the molecule is Cc1nc2ccc(-c3cccn3C)cc2s1. The van der Waals surface area contributed by atoms with Gasteiger partial charge in [-0.05, 0) is 36.8 Å². The van der Waals surface area contributed by atoms with E-state index in [-0.39, 0.29) is 0 Å². The molecule has 0 radical (unpaired) electrons. The summed E-state index contributed by atoms with van der Waals surface area (Å²) in [5, 5.41) is 1.12. The Hall–Kier alpha value is -1.61. The van der Waals surface area contributed by atoms with Crippen molar-refractivity contribution in [3.8, 4) is 11.3 Å². The van der Waals surface area contributed by atoms with Gasteiger partial charge in [0.2, 0.25) is 0 Å². The number of nitrogens with zero attached hydrogens (tertiary/aromatic N) is 2. The van der Waals surface area contributed by atoms with Crippen LogP contribution in [0.1, 0.15) is 5.01 Å². The maximum Gasteiger partial charge on any atom is 0.0907 e. The summed E-state index contributed by atoms with van der Waals surface area (Å²) in [5.41, 5.74) is 3.59. The topological polar surface area (TPSA) is 17.8 Å². The van der Waals surface area contributed by atoms with Gasteiger partial charge in [0.25, 0.3) is 0 Å². The number of aryl methyl sites for hydroxylation is 2. The van der Waals surface area contributed by atoms with Gasteiger partial charge >= 0.3 is 0 Å². The lowest BCUT2D eigenvalue weighted by molar-refractivity contribution is 0.937. The number of hydrogen-bond acceptors (Lipinski definition) is 2. The number of thiazole rings is 1. The molecule has 0 N–H and O–H groups in total. The van der Waals surface area contributed by atoms with E-state index in [1.54, 1.807) is 11.3 Å². The molecule has 0 aliphatic heterocycles. The van der Waals surface area contributed by atoms with Crippen LogP contribution in [-0.2, 0) is 7.05 Å². The molecular weight excluding hydrogens is 216 g/mol. The molecule has 0 bridgehead atoms. The first kappa shape index (κ1) is 9.60. The molecule has 0 saturated heterocycles. The maximum atomic E-state index is 4.47. The van der Waals surface area contributed by atoms with Crippen molar-refractivity contribution in [1.29, 1.82) is 0 Å². The van der Waals surface area contributed by atoms with Crippen molar-refractivity contribution in [3.63, 3.8) is 0 Å². The van der Waals surface area contributed by atoms with Gasteiger partial charge in [-0.3, -0.25) is 0 Å². The molecule has 3 rings (SSSR count). The Balaban J connectivity index is 2.22. The third-order valence-electron chi connectivity index (χ3n) is 2.73.